The topological polar surface area (TPSA) is 89.6 Å². The molecule has 0 atom stereocenters. The van der Waals surface area contributed by atoms with Crippen LogP contribution in [-0.4, -0.2) is 30.5 Å². The molecular formula is C36H34FN3O4S. The minimum Gasteiger partial charge on any atom is -0.453 e. The first kappa shape index (κ1) is 30.4. The number of hydrogen-bond donors (Lipinski definition) is 2. The second-order valence-corrected chi connectivity index (χ2v) is 12.3. The number of unbranched alkanes of at least 4 members (excludes halogenated alkanes) is 2. The second kappa shape index (κ2) is 13.6. The number of pyridine rings is 1. The number of amides is 2. The zero-order valence-corrected chi connectivity index (χ0v) is 25.8. The second-order valence-electron chi connectivity index (χ2n) is 11.2. The molecule has 0 unspecified atom stereocenters. The number of carbonyl (C=O) groups excluding carboxylic acids is 2. The van der Waals surface area contributed by atoms with Gasteiger partial charge in [0.05, 0.1) is 10.2 Å². The zero-order chi connectivity index (χ0) is 31.2. The lowest BCUT2D eigenvalue weighted by atomic mass is 10.0. The van der Waals surface area contributed by atoms with Crippen molar-refractivity contribution in [2.75, 3.05) is 24.4 Å². The van der Waals surface area contributed by atoms with E-state index in [0.717, 1.165) is 52.9 Å². The van der Waals surface area contributed by atoms with Gasteiger partial charge in [-0.2, -0.15) is 0 Å². The van der Waals surface area contributed by atoms with Gasteiger partial charge >= 0.3 is 0 Å². The maximum absolute atomic E-state index is 15.3. The van der Waals surface area contributed by atoms with E-state index in [0.29, 0.717) is 24.3 Å². The Morgan fingerprint density at radius 3 is 2.42 bits per heavy atom. The molecule has 2 amide bonds. The molecule has 0 aliphatic heterocycles. The lowest BCUT2D eigenvalue weighted by molar-refractivity contribution is -0.131. The predicted octanol–water partition coefficient (Wildman–Crippen LogP) is 8.61. The number of aromatic nitrogens is 1. The van der Waals surface area contributed by atoms with Gasteiger partial charge in [-0.25, -0.2) is 4.39 Å². The molecule has 1 fully saturated rings. The van der Waals surface area contributed by atoms with Gasteiger partial charge in [-0.1, -0.05) is 48.9 Å². The molecule has 45 heavy (non-hydrogen) atoms. The molecule has 230 valence electrons. The standard InChI is InChI=1S/C36H34FN3O4S/c1-43-20-7-3-4-9-24-10-8-11-25(21-24)32-23-29-33(45-32)31(16-19-38-29)44-30-15-14-27(22-28(30)37)40-35(42)36(17-18-36)34(41)39-26-12-5-2-6-13-26/h2,5-6,8,10-16,19,21-23H,3-4,7,9,17-18,20H2,1H3,(H,39,41)(H,40,42). The number of aryl methyl sites for hydroxylation is 1. The molecule has 0 radical (unpaired) electrons. The number of thiophene rings is 1. The lowest BCUT2D eigenvalue weighted by Gasteiger charge is -2.16. The van der Waals surface area contributed by atoms with Crippen LogP contribution < -0.4 is 15.4 Å². The number of nitrogens with one attached hydrogen (secondary N) is 2. The number of hydrogen-bond acceptors (Lipinski definition) is 6. The third kappa shape index (κ3) is 7.05. The van der Waals surface area contributed by atoms with Crippen LogP contribution in [0.15, 0.2) is 91.1 Å². The maximum atomic E-state index is 15.3. The van der Waals surface area contributed by atoms with E-state index in [9.17, 15) is 9.59 Å². The third-order valence-electron chi connectivity index (χ3n) is 7.96. The van der Waals surface area contributed by atoms with E-state index >= 15 is 4.39 Å². The van der Waals surface area contributed by atoms with Crippen molar-refractivity contribution in [1.29, 1.82) is 0 Å². The van der Waals surface area contributed by atoms with Gasteiger partial charge in [0.15, 0.2) is 11.6 Å². The molecule has 3 aromatic carbocycles. The van der Waals surface area contributed by atoms with Crippen LogP contribution in [0.4, 0.5) is 15.8 Å². The van der Waals surface area contributed by atoms with Gasteiger partial charge in [-0.05, 0) is 73.6 Å². The summed E-state index contributed by atoms with van der Waals surface area (Å²) in [4.78, 5) is 31.5. The normalized spacial score (nSPS) is 13.4. The van der Waals surface area contributed by atoms with Crippen molar-refractivity contribution < 1.29 is 23.5 Å². The summed E-state index contributed by atoms with van der Waals surface area (Å²) in [5, 5.41) is 5.51. The Morgan fingerprint density at radius 2 is 1.67 bits per heavy atom. The molecule has 7 nitrogen and oxygen atoms in total. The van der Waals surface area contributed by atoms with Crippen LogP contribution in [0, 0.1) is 11.2 Å². The molecule has 5 aromatic rings. The Bertz CT molecular complexity index is 1820. The molecule has 0 bridgehead atoms. The van der Waals surface area contributed by atoms with Crippen molar-refractivity contribution in [1.82, 2.24) is 4.98 Å². The van der Waals surface area contributed by atoms with Gasteiger partial charge in [-0.15, -0.1) is 11.3 Å². The van der Waals surface area contributed by atoms with Crippen molar-refractivity contribution in [3.63, 3.8) is 0 Å². The third-order valence-corrected chi connectivity index (χ3v) is 9.15. The van der Waals surface area contributed by atoms with Gasteiger partial charge in [0.1, 0.15) is 11.2 Å². The number of carbonyl (C=O) groups is 2. The summed E-state index contributed by atoms with van der Waals surface area (Å²) in [5.74, 6) is -0.939. The van der Waals surface area contributed by atoms with Gasteiger partial charge in [0.25, 0.3) is 0 Å². The first-order chi connectivity index (χ1) is 21.9. The zero-order valence-electron chi connectivity index (χ0n) is 25.0. The van der Waals surface area contributed by atoms with E-state index in [1.807, 2.05) is 24.3 Å². The number of methoxy groups -OCH3 is 1. The number of halogens is 1. The maximum Gasteiger partial charge on any atom is 0.240 e. The Labute approximate surface area is 265 Å². The van der Waals surface area contributed by atoms with Crippen molar-refractivity contribution in [3.05, 3.63) is 103 Å². The van der Waals surface area contributed by atoms with Crippen LogP contribution in [0.3, 0.4) is 0 Å². The van der Waals surface area contributed by atoms with Gasteiger partial charge < -0.3 is 20.1 Å². The summed E-state index contributed by atoms with van der Waals surface area (Å²) in [7, 11) is 1.73. The minimum atomic E-state index is -1.16. The largest absolute Gasteiger partial charge is 0.453 e. The van der Waals surface area contributed by atoms with Crippen molar-refractivity contribution in [3.8, 4) is 21.9 Å². The highest BCUT2D eigenvalue weighted by atomic mass is 32.1. The average Bonchev–Trinajstić information content (AvgIpc) is 3.75. The van der Waals surface area contributed by atoms with Crippen LogP contribution in [0.5, 0.6) is 11.5 Å². The smallest absolute Gasteiger partial charge is 0.240 e. The molecule has 2 heterocycles. The number of nitrogens with zero attached hydrogens (tertiary/aromatic N) is 1. The van der Waals surface area contributed by atoms with Crippen LogP contribution in [0.2, 0.25) is 0 Å². The van der Waals surface area contributed by atoms with Gasteiger partial charge in [0.2, 0.25) is 11.8 Å². The molecular weight excluding hydrogens is 589 g/mol. The van der Waals surface area contributed by atoms with Gasteiger partial charge in [0, 0.05) is 48.3 Å². The van der Waals surface area contributed by atoms with E-state index in [1.54, 1.807) is 48.9 Å². The molecule has 1 aliphatic rings. The fraction of sp³-hybridized carbons (Fsp3) is 0.250. The number of benzene rings is 3. The fourth-order valence-corrected chi connectivity index (χ4v) is 6.32. The summed E-state index contributed by atoms with van der Waals surface area (Å²) >= 11 is 1.55. The Hall–Kier alpha value is -4.60. The Kier molecular flexibility index (Phi) is 9.18. The molecule has 0 saturated heterocycles. The summed E-state index contributed by atoms with van der Waals surface area (Å²) in [6.45, 7) is 0.792. The molecule has 2 aromatic heterocycles. The summed E-state index contributed by atoms with van der Waals surface area (Å²) in [5.41, 5.74) is 2.87. The highest BCUT2D eigenvalue weighted by Crippen LogP contribution is 2.48. The Balaban J connectivity index is 1.13. The van der Waals surface area contributed by atoms with E-state index in [-0.39, 0.29) is 17.3 Å². The van der Waals surface area contributed by atoms with E-state index in [1.165, 1.54) is 17.7 Å². The average molecular weight is 624 g/mol. The van der Waals surface area contributed by atoms with Crippen LogP contribution in [0.25, 0.3) is 20.7 Å². The predicted molar refractivity (Wildman–Crippen MR) is 176 cm³/mol. The molecule has 1 saturated carbocycles. The van der Waals surface area contributed by atoms with Crippen LogP contribution in [-0.2, 0) is 20.7 Å². The summed E-state index contributed by atoms with van der Waals surface area (Å²) in [6.07, 6.45) is 6.81. The highest BCUT2D eigenvalue weighted by molar-refractivity contribution is 7.22. The first-order valence-electron chi connectivity index (χ1n) is 15.1. The first-order valence-corrected chi connectivity index (χ1v) is 15.9. The molecule has 9 heteroatoms. The fourth-order valence-electron chi connectivity index (χ4n) is 5.25. The molecule has 1 aliphatic carbocycles. The van der Waals surface area contributed by atoms with E-state index < -0.39 is 17.1 Å². The minimum absolute atomic E-state index is 0.0221. The Morgan fingerprint density at radius 1 is 0.867 bits per heavy atom. The van der Waals surface area contributed by atoms with E-state index in [2.05, 4.69) is 39.9 Å². The number of rotatable bonds is 13. The van der Waals surface area contributed by atoms with Crippen molar-refractivity contribution >= 4 is 44.7 Å². The number of para-hydroxylation sites is 1. The van der Waals surface area contributed by atoms with Gasteiger partial charge in [-0.3, -0.25) is 14.6 Å². The van der Waals surface area contributed by atoms with Crippen LogP contribution in [0.1, 0.15) is 37.7 Å². The van der Waals surface area contributed by atoms with Crippen molar-refractivity contribution in [2.24, 2.45) is 5.41 Å². The molecule has 6 rings (SSSR count). The number of anilines is 2. The number of fused-ring (bicyclic) bond motifs is 1. The highest BCUT2D eigenvalue weighted by Gasteiger charge is 2.56. The van der Waals surface area contributed by atoms with Crippen molar-refractivity contribution in [2.45, 2.75) is 38.5 Å². The lowest BCUT2D eigenvalue weighted by Crippen LogP contribution is -2.35. The molecule has 0 spiro atoms. The summed E-state index contributed by atoms with van der Waals surface area (Å²) < 4.78 is 27.2. The quantitative estimate of drug-likeness (QED) is 0.101. The van der Waals surface area contributed by atoms with Crippen LogP contribution >= 0.6 is 11.3 Å². The van der Waals surface area contributed by atoms with E-state index in [4.69, 9.17) is 9.47 Å². The monoisotopic (exact) mass is 623 g/mol. The summed E-state index contributed by atoms with van der Waals surface area (Å²) in [6, 6.07) is 25.5. The number of ether oxygens (including phenoxy) is 2. The SMILES string of the molecule is COCCCCCc1cccc(-c2cc3nccc(Oc4ccc(NC(=O)C5(C(=O)Nc6ccccc6)CC5)cc4F)c3s2)c1. The molecule has 2 N–H and O–H groups in total.